The summed E-state index contributed by atoms with van der Waals surface area (Å²) in [6.45, 7) is 1.98. The second-order valence-electron chi connectivity index (χ2n) is 3.42. The lowest BCUT2D eigenvalue weighted by Crippen LogP contribution is -2.00. The van der Waals surface area contributed by atoms with Crippen molar-refractivity contribution in [3.8, 4) is 0 Å². The van der Waals surface area contributed by atoms with Crippen molar-refractivity contribution in [2.45, 2.75) is 51.9 Å². The number of carbonyl (C=O) groups excluding carboxylic acids is 2. The van der Waals surface area contributed by atoms with Crippen molar-refractivity contribution in [2.75, 3.05) is 6.61 Å². The highest BCUT2D eigenvalue weighted by Crippen LogP contribution is 2.06. The van der Waals surface area contributed by atoms with Crippen molar-refractivity contribution < 1.29 is 14.3 Å². The maximum atomic E-state index is 10.4. The van der Waals surface area contributed by atoms with Crippen LogP contribution < -0.4 is 0 Å². The number of hydrogen-bond donors (Lipinski definition) is 0. The minimum Gasteiger partial charge on any atom is -0.466 e. The molecular formula is C11H20O3. The molecule has 82 valence electrons. The van der Waals surface area contributed by atoms with Gasteiger partial charge in [-0.1, -0.05) is 25.7 Å². The van der Waals surface area contributed by atoms with Gasteiger partial charge in [-0.15, -0.1) is 0 Å². The van der Waals surface area contributed by atoms with Crippen molar-refractivity contribution in [1.82, 2.24) is 0 Å². The normalized spacial score (nSPS) is 9.79. The average Bonchev–Trinajstić information content (AvgIpc) is 2.15. The summed E-state index contributed by atoms with van der Waals surface area (Å²) < 4.78 is 4.80. The first-order valence-electron chi connectivity index (χ1n) is 5.34. The van der Waals surface area contributed by atoms with E-state index in [2.05, 4.69) is 0 Å². The largest absolute Gasteiger partial charge is 0.466 e. The van der Waals surface area contributed by atoms with Crippen molar-refractivity contribution in [3.63, 3.8) is 0 Å². The molecule has 0 bridgehead atoms. The molecule has 0 aliphatic carbocycles. The van der Waals surface area contributed by atoms with Crippen LogP contribution in [0.3, 0.4) is 0 Å². The minimum absolute atomic E-state index is 0.198. The Bertz CT molecular complexity index is 155. The van der Waals surface area contributed by atoms with Gasteiger partial charge in [0.1, 0.15) is 6.29 Å². The lowest BCUT2D eigenvalue weighted by Gasteiger charge is -2.01. The van der Waals surface area contributed by atoms with Gasteiger partial charge in [-0.2, -0.15) is 0 Å². The van der Waals surface area contributed by atoms with E-state index in [1.165, 1.54) is 19.8 Å². The summed E-state index contributed by atoms with van der Waals surface area (Å²) in [5.41, 5.74) is 0. The predicted molar refractivity (Wildman–Crippen MR) is 55.0 cm³/mol. The molecule has 3 heteroatoms. The highest BCUT2D eigenvalue weighted by Gasteiger charge is 1.93. The van der Waals surface area contributed by atoms with Gasteiger partial charge in [0.25, 0.3) is 0 Å². The summed E-state index contributed by atoms with van der Waals surface area (Å²) in [6.07, 6.45) is 8.20. The third-order valence-electron chi connectivity index (χ3n) is 2.02. The van der Waals surface area contributed by atoms with Crippen LogP contribution in [0.5, 0.6) is 0 Å². The number of esters is 1. The molecular weight excluding hydrogens is 180 g/mol. The predicted octanol–water partition coefficient (Wildman–Crippen LogP) is 2.48. The molecule has 0 rings (SSSR count). The van der Waals surface area contributed by atoms with Crippen LogP contribution in [0, 0.1) is 0 Å². The molecule has 0 N–H and O–H groups in total. The van der Waals surface area contributed by atoms with Gasteiger partial charge in [0, 0.05) is 13.3 Å². The highest BCUT2D eigenvalue weighted by atomic mass is 16.5. The van der Waals surface area contributed by atoms with E-state index in [1.807, 2.05) is 0 Å². The summed E-state index contributed by atoms with van der Waals surface area (Å²) in [5.74, 6) is -0.198. The highest BCUT2D eigenvalue weighted by molar-refractivity contribution is 5.65. The van der Waals surface area contributed by atoms with Crippen molar-refractivity contribution >= 4 is 12.3 Å². The lowest BCUT2D eigenvalue weighted by molar-refractivity contribution is -0.141. The SMILES string of the molecule is CC(=O)OCCCCCCCCC=O. The van der Waals surface area contributed by atoms with Gasteiger partial charge in [-0.3, -0.25) is 4.79 Å². The Labute approximate surface area is 85.8 Å². The van der Waals surface area contributed by atoms with E-state index in [1.54, 1.807) is 0 Å². The lowest BCUT2D eigenvalue weighted by atomic mass is 10.1. The fourth-order valence-electron chi connectivity index (χ4n) is 1.25. The summed E-state index contributed by atoms with van der Waals surface area (Å²) in [7, 11) is 0. The molecule has 0 amide bonds. The molecule has 0 aromatic rings. The van der Waals surface area contributed by atoms with Crippen LogP contribution in [-0.4, -0.2) is 18.9 Å². The van der Waals surface area contributed by atoms with E-state index in [-0.39, 0.29) is 5.97 Å². The molecule has 3 nitrogen and oxygen atoms in total. The Morgan fingerprint density at radius 3 is 2.21 bits per heavy atom. The molecule has 0 heterocycles. The first-order valence-corrected chi connectivity index (χ1v) is 5.34. The van der Waals surface area contributed by atoms with Crippen molar-refractivity contribution in [1.29, 1.82) is 0 Å². The molecule has 0 saturated carbocycles. The standard InChI is InChI=1S/C11H20O3/c1-11(13)14-10-8-6-4-2-3-5-7-9-12/h9H,2-8,10H2,1H3. The molecule has 0 radical (unpaired) electrons. The number of aldehydes is 1. The Kier molecular flexibility index (Phi) is 9.59. The van der Waals surface area contributed by atoms with E-state index in [9.17, 15) is 9.59 Å². The first kappa shape index (κ1) is 13.1. The molecule has 0 saturated heterocycles. The number of hydrogen-bond acceptors (Lipinski definition) is 3. The topological polar surface area (TPSA) is 43.4 Å². The molecule has 0 atom stereocenters. The number of rotatable bonds is 9. The molecule has 0 spiro atoms. The molecule has 0 aliphatic rings. The van der Waals surface area contributed by atoms with E-state index in [0.717, 1.165) is 32.0 Å². The summed E-state index contributed by atoms with van der Waals surface area (Å²) in [6, 6.07) is 0. The zero-order valence-corrected chi connectivity index (χ0v) is 8.96. The van der Waals surface area contributed by atoms with Crippen LogP contribution in [0.4, 0.5) is 0 Å². The molecule has 0 aliphatic heterocycles. The van der Waals surface area contributed by atoms with E-state index in [0.29, 0.717) is 13.0 Å². The number of ether oxygens (including phenoxy) is 1. The van der Waals surface area contributed by atoms with Gasteiger partial charge in [-0.25, -0.2) is 0 Å². The number of carbonyl (C=O) groups is 2. The minimum atomic E-state index is -0.198. The third-order valence-corrected chi connectivity index (χ3v) is 2.02. The Morgan fingerprint density at radius 2 is 1.64 bits per heavy atom. The zero-order valence-electron chi connectivity index (χ0n) is 8.96. The van der Waals surface area contributed by atoms with Crippen LogP contribution in [0.1, 0.15) is 51.9 Å². The summed E-state index contributed by atoms with van der Waals surface area (Å²) in [4.78, 5) is 20.4. The number of unbranched alkanes of at least 4 members (excludes halogenated alkanes) is 6. The molecule has 0 aromatic heterocycles. The zero-order chi connectivity index (χ0) is 10.6. The van der Waals surface area contributed by atoms with Gasteiger partial charge >= 0.3 is 5.97 Å². The Balaban J connectivity index is 2.92. The second-order valence-corrected chi connectivity index (χ2v) is 3.42. The average molecular weight is 200 g/mol. The van der Waals surface area contributed by atoms with E-state index in [4.69, 9.17) is 4.74 Å². The smallest absolute Gasteiger partial charge is 0.302 e. The second kappa shape index (κ2) is 10.2. The fraction of sp³-hybridized carbons (Fsp3) is 0.818. The van der Waals surface area contributed by atoms with E-state index >= 15 is 0 Å². The molecule has 0 aromatic carbocycles. The van der Waals surface area contributed by atoms with Gasteiger partial charge in [-0.05, 0) is 12.8 Å². The van der Waals surface area contributed by atoms with Crippen LogP contribution in [0.25, 0.3) is 0 Å². The first-order chi connectivity index (χ1) is 6.77. The molecule has 0 fully saturated rings. The maximum Gasteiger partial charge on any atom is 0.302 e. The van der Waals surface area contributed by atoms with Gasteiger partial charge < -0.3 is 9.53 Å². The monoisotopic (exact) mass is 200 g/mol. The van der Waals surface area contributed by atoms with Crippen molar-refractivity contribution in [2.24, 2.45) is 0 Å². The Hall–Kier alpha value is -0.860. The van der Waals surface area contributed by atoms with Crippen LogP contribution in [-0.2, 0) is 14.3 Å². The van der Waals surface area contributed by atoms with Gasteiger partial charge in [0.15, 0.2) is 0 Å². The quantitative estimate of drug-likeness (QED) is 0.326. The van der Waals surface area contributed by atoms with Gasteiger partial charge in [0.2, 0.25) is 0 Å². The fourth-order valence-corrected chi connectivity index (χ4v) is 1.25. The molecule has 0 unspecified atom stereocenters. The van der Waals surface area contributed by atoms with Crippen LogP contribution in [0.15, 0.2) is 0 Å². The Morgan fingerprint density at radius 1 is 1.07 bits per heavy atom. The van der Waals surface area contributed by atoms with Gasteiger partial charge in [0.05, 0.1) is 6.61 Å². The summed E-state index contributed by atoms with van der Waals surface area (Å²) in [5, 5.41) is 0. The van der Waals surface area contributed by atoms with Crippen LogP contribution in [0.2, 0.25) is 0 Å². The maximum absolute atomic E-state index is 10.4. The molecule has 14 heavy (non-hydrogen) atoms. The third kappa shape index (κ3) is 11.1. The van der Waals surface area contributed by atoms with Crippen molar-refractivity contribution in [3.05, 3.63) is 0 Å². The summed E-state index contributed by atoms with van der Waals surface area (Å²) >= 11 is 0. The van der Waals surface area contributed by atoms with Crippen LogP contribution >= 0.6 is 0 Å². The van der Waals surface area contributed by atoms with E-state index < -0.39 is 0 Å².